The van der Waals surface area contributed by atoms with Crippen LogP contribution in [0.4, 0.5) is 0 Å². The molecule has 0 spiro atoms. The quantitative estimate of drug-likeness (QED) is 0.902. The van der Waals surface area contributed by atoms with Crippen molar-refractivity contribution in [2.75, 3.05) is 13.1 Å². The molecule has 3 rings (SSSR count). The molecule has 1 aromatic rings. The van der Waals surface area contributed by atoms with E-state index in [2.05, 4.69) is 14.5 Å². The number of nitrogens with zero attached hydrogens (tertiary/aromatic N) is 3. The Morgan fingerprint density at radius 3 is 2.84 bits per heavy atom. The molecular formula is C14H21N3O2. The van der Waals surface area contributed by atoms with Crippen LogP contribution in [0, 0.1) is 5.41 Å². The number of carboxylic acid groups (broad SMARTS) is 1. The molecule has 5 heteroatoms. The molecular weight excluding hydrogens is 242 g/mol. The monoisotopic (exact) mass is 263 g/mol. The van der Waals surface area contributed by atoms with Crippen LogP contribution in [0.15, 0.2) is 12.4 Å². The molecule has 5 nitrogen and oxygen atoms in total. The molecule has 0 amide bonds. The van der Waals surface area contributed by atoms with Gasteiger partial charge in [0.05, 0.1) is 12.0 Å². The van der Waals surface area contributed by atoms with E-state index in [1.807, 2.05) is 12.4 Å². The zero-order chi connectivity index (χ0) is 13.3. The second kappa shape index (κ2) is 4.96. The molecule has 0 saturated heterocycles. The summed E-state index contributed by atoms with van der Waals surface area (Å²) in [4.78, 5) is 18.3. The summed E-state index contributed by atoms with van der Waals surface area (Å²) in [7, 11) is 0. The fourth-order valence-electron chi connectivity index (χ4n) is 3.45. The number of imidazole rings is 1. The summed E-state index contributed by atoms with van der Waals surface area (Å²) in [5.74, 6) is 0.448. The maximum atomic E-state index is 11.7. The molecule has 1 saturated carbocycles. The van der Waals surface area contributed by atoms with E-state index >= 15 is 0 Å². The predicted octanol–water partition coefficient (Wildman–Crippen LogP) is 1.73. The molecule has 1 aliphatic carbocycles. The first-order valence-corrected chi connectivity index (χ1v) is 7.15. The summed E-state index contributed by atoms with van der Waals surface area (Å²) < 4.78 is 2.16. The van der Waals surface area contributed by atoms with Crippen molar-refractivity contribution < 1.29 is 9.90 Å². The summed E-state index contributed by atoms with van der Waals surface area (Å²) in [6, 6.07) is 0. The van der Waals surface area contributed by atoms with Gasteiger partial charge >= 0.3 is 5.97 Å². The number of rotatable bonds is 3. The number of aromatic nitrogens is 2. The van der Waals surface area contributed by atoms with Crippen LogP contribution in [0.1, 0.15) is 37.9 Å². The Balaban J connectivity index is 1.71. The minimum absolute atomic E-state index is 0.521. The van der Waals surface area contributed by atoms with E-state index in [0.717, 1.165) is 51.1 Å². The van der Waals surface area contributed by atoms with Gasteiger partial charge in [0.2, 0.25) is 0 Å². The van der Waals surface area contributed by atoms with E-state index in [1.165, 1.54) is 6.42 Å². The van der Waals surface area contributed by atoms with Gasteiger partial charge in [0.1, 0.15) is 5.82 Å². The average Bonchev–Trinajstić information content (AvgIpc) is 2.87. The zero-order valence-electron chi connectivity index (χ0n) is 11.2. The van der Waals surface area contributed by atoms with Gasteiger partial charge in [-0.15, -0.1) is 0 Å². The lowest BCUT2D eigenvalue weighted by molar-refractivity contribution is -0.152. The maximum Gasteiger partial charge on any atom is 0.310 e. The van der Waals surface area contributed by atoms with Crippen LogP contribution in [0.3, 0.4) is 0 Å². The van der Waals surface area contributed by atoms with Gasteiger partial charge in [0, 0.05) is 32.0 Å². The van der Waals surface area contributed by atoms with E-state index in [1.54, 1.807) is 0 Å². The largest absolute Gasteiger partial charge is 0.481 e. The summed E-state index contributed by atoms with van der Waals surface area (Å²) in [5, 5.41) is 9.63. The van der Waals surface area contributed by atoms with E-state index in [0.29, 0.717) is 6.54 Å². The fraction of sp³-hybridized carbons (Fsp3) is 0.714. The molecule has 19 heavy (non-hydrogen) atoms. The summed E-state index contributed by atoms with van der Waals surface area (Å²) in [6.45, 7) is 3.31. The van der Waals surface area contributed by atoms with Gasteiger partial charge in [-0.05, 0) is 12.8 Å². The molecule has 0 aromatic carbocycles. The number of carboxylic acids is 1. The topological polar surface area (TPSA) is 58.4 Å². The molecule has 0 unspecified atom stereocenters. The lowest BCUT2D eigenvalue weighted by Crippen LogP contribution is -2.46. The molecule has 1 fully saturated rings. The number of carbonyl (C=O) groups is 1. The molecule has 0 atom stereocenters. The Bertz CT molecular complexity index is 463. The van der Waals surface area contributed by atoms with Gasteiger partial charge in [0.15, 0.2) is 0 Å². The van der Waals surface area contributed by atoms with Gasteiger partial charge in [-0.2, -0.15) is 0 Å². The van der Waals surface area contributed by atoms with Gasteiger partial charge < -0.3 is 9.67 Å². The molecule has 2 aliphatic rings. The third-order valence-electron chi connectivity index (χ3n) is 4.61. The van der Waals surface area contributed by atoms with Crippen molar-refractivity contribution in [1.29, 1.82) is 0 Å². The van der Waals surface area contributed by atoms with Crippen molar-refractivity contribution in [2.45, 2.75) is 45.2 Å². The predicted molar refractivity (Wildman–Crippen MR) is 70.7 cm³/mol. The molecule has 1 aromatic heterocycles. The first-order chi connectivity index (χ1) is 9.20. The highest BCUT2D eigenvalue weighted by atomic mass is 16.4. The zero-order valence-corrected chi connectivity index (χ0v) is 11.2. The molecule has 0 bridgehead atoms. The summed E-state index contributed by atoms with van der Waals surface area (Å²) >= 11 is 0. The minimum Gasteiger partial charge on any atom is -0.481 e. The molecule has 1 N–H and O–H groups in total. The first kappa shape index (κ1) is 12.7. The summed E-state index contributed by atoms with van der Waals surface area (Å²) in [6.07, 6.45) is 8.76. The third kappa shape index (κ3) is 2.39. The van der Waals surface area contributed by atoms with Gasteiger partial charge in [-0.25, -0.2) is 4.98 Å². The molecule has 1 aliphatic heterocycles. The van der Waals surface area contributed by atoms with Crippen LogP contribution in [-0.4, -0.2) is 38.6 Å². The van der Waals surface area contributed by atoms with Crippen LogP contribution in [-0.2, 0) is 17.9 Å². The lowest BCUT2D eigenvalue weighted by atomic mass is 9.73. The first-order valence-electron chi connectivity index (χ1n) is 7.15. The van der Waals surface area contributed by atoms with E-state index in [4.69, 9.17) is 0 Å². The van der Waals surface area contributed by atoms with E-state index in [-0.39, 0.29) is 0 Å². The van der Waals surface area contributed by atoms with Crippen LogP contribution < -0.4 is 0 Å². The fourth-order valence-corrected chi connectivity index (χ4v) is 3.45. The number of hydrogen-bond acceptors (Lipinski definition) is 3. The van der Waals surface area contributed by atoms with Gasteiger partial charge in [0.25, 0.3) is 0 Å². The number of fused-ring (bicyclic) bond motifs is 1. The summed E-state index contributed by atoms with van der Waals surface area (Å²) in [5.41, 5.74) is -0.521. The van der Waals surface area contributed by atoms with E-state index < -0.39 is 11.4 Å². The highest BCUT2D eigenvalue weighted by molar-refractivity contribution is 5.75. The third-order valence-corrected chi connectivity index (χ3v) is 4.61. The minimum atomic E-state index is -0.610. The molecule has 0 radical (unpaired) electrons. The van der Waals surface area contributed by atoms with Gasteiger partial charge in [-0.1, -0.05) is 19.3 Å². The Hall–Kier alpha value is -1.36. The highest BCUT2D eigenvalue weighted by Crippen LogP contribution is 2.37. The number of aliphatic carboxylic acids is 1. The van der Waals surface area contributed by atoms with Crippen LogP contribution >= 0.6 is 0 Å². The molecule has 104 valence electrons. The average molecular weight is 263 g/mol. The Kier molecular flexibility index (Phi) is 3.31. The van der Waals surface area contributed by atoms with Crippen molar-refractivity contribution in [1.82, 2.24) is 14.5 Å². The standard InChI is InChI=1S/C14H21N3O2/c18-13(19)14(4-2-1-3-5-14)11-16-8-9-17-7-6-15-12(17)10-16/h6-7H,1-5,8-11H2,(H,18,19). The van der Waals surface area contributed by atoms with Crippen molar-refractivity contribution in [3.8, 4) is 0 Å². The van der Waals surface area contributed by atoms with Crippen LogP contribution in [0.25, 0.3) is 0 Å². The second-order valence-electron chi connectivity index (χ2n) is 5.89. The van der Waals surface area contributed by atoms with E-state index in [9.17, 15) is 9.90 Å². The van der Waals surface area contributed by atoms with Crippen molar-refractivity contribution >= 4 is 5.97 Å². The van der Waals surface area contributed by atoms with Crippen molar-refractivity contribution in [3.63, 3.8) is 0 Å². The van der Waals surface area contributed by atoms with Crippen LogP contribution in [0.5, 0.6) is 0 Å². The Morgan fingerprint density at radius 2 is 2.11 bits per heavy atom. The SMILES string of the molecule is O=C(O)C1(CN2CCn3ccnc3C2)CCCCC1. The lowest BCUT2D eigenvalue weighted by Gasteiger charge is -2.39. The van der Waals surface area contributed by atoms with Gasteiger partial charge in [-0.3, -0.25) is 9.69 Å². The second-order valence-corrected chi connectivity index (χ2v) is 5.89. The Morgan fingerprint density at radius 1 is 1.32 bits per heavy atom. The smallest absolute Gasteiger partial charge is 0.310 e. The van der Waals surface area contributed by atoms with Crippen molar-refractivity contribution in [2.24, 2.45) is 5.41 Å². The number of hydrogen-bond donors (Lipinski definition) is 1. The van der Waals surface area contributed by atoms with Crippen LogP contribution in [0.2, 0.25) is 0 Å². The normalized spacial score (nSPS) is 22.9. The Labute approximate surface area is 113 Å². The highest BCUT2D eigenvalue weighted by Gasteiger charge is 2.41. The molecule has 2 heterocycles. The van der Waals surface area contributed by atoms with Crippen molar-refractivity contribution in [3.05, 3.63) is 18.2 Å². The maximum absolute atomic E-state index is 11.7.